The van der Waals surface area contributed by atoms with Crippen molar-refractivity contribution in [2.75, 3.05) is 17.3 Å². The molecule has 0 aromatic carbocycles. The van der Waals surface area contributed by atoms with Gasteiger partial charge in [0.15, 0.2) is 0 Å². The number of rotatable bonds is 7. The molecule has 0 saturated heterocycles. The van der Waals surface area contributed by atoms with Gasteiger partial charge in [0, 0.05) is 54.2 Å². The van der Waals surface area contributed by atoms with E-state index in [2.05, 4.69) is 40.4 Å². The number of aromatic amines is 1. The summed E-state index contributed by atoms with van der Waals surface area (Å²) < 4.78 is 45.7. The van der Waals surface area contributed by atoms with E-state index < -0.39 is 23.5 Å². The number of amides is 1. The van der Waals surface area contributed by atoms with E-state index in [0.717, 1.165) is 0 Å². The number of nitrogens with zero attached hydrogens (tertiary/aromatic N) is 7. The number of nitrogens with one attached hydrogen (secondary N) is 2. The number of carbonyl (C=O) groups is 1. The van der Waals surface area contributed by atoms with Gasteiger partial charge in [-0.15, -0.1) is 0 Å². The van der Waals surface area contributed by atoms with Gasteiger partial charge in [-0.05, 0) is 37.8 Å². The summed E-state index contributed by atoms with van der Waals surface area (Å²) in [5.41, 5.74) is -0.231. The van der Waals surface area contributed by atoms with Crippen molar-refractivity contribution >= 4 is 29.5 Å². The summed E-state index contributed by atoms with van der Waals surface area (Å²) in [4.78, 5) is 33.8. The number of ether oxygens (including phenoxy) is 1. The molecule has 1 aliphatic rings. The quantitative estimate of drug-likeness (QED) is 0.258. The number of pyridine rings is 1. The van der Waals surface area contributed by atoms with Crippen molar-refractivity contribution in [3.63, 3.8) is 0 Å². The van der Waals surface area contributed by atoms with Crippen LogP contribution in [-0.4, -0.2) is 65.5 Å². The molecule has 0 aliphatic heterocycles. The number of carboxylic acid groups (broad SMARTS) is 1. The van der Waals surface area contributed by atoms with E-state index >= 15 is 0 Å². The summed E-state index contributed by atoms with van der Waals surface area (Å²) in [5.74, 6) is 0.268. The van der Waals surface area contributed by atoms with E-state index in [-0.39, 0.29) is 40.6 Å². The molecule has 1 aliphatic carbocycles. The number of halogens is 4. The van der Waals surface area contributed by atoms with Gasteiger partial charge >= 0.3 is 18.3 Å². The van der Waals surface area contributed by atoms with Gasteiger partial charge in [0.25, 0.3) is 0 Å². The molecule has 0 spiro atoms. The fraction of sp³-hybridized carbons (Fsp3) is 0.320. The number of aromatic nitrogens is 7. The van der Waals surface area contributed by atoms with Crippen molar-refractivity contribution in [3.05, 3.63) is 53.7 Å². The van der Waals surface area contributed by atoms with Gasteiger partial charge < -0.3 is 15.2 Å². The summed E-state index contributed by atoms with van der Waals surface area (Å²) in [6.07, 6.45) is 2.85. The largest absolute Gasteiger partial charge is 0.467 e. The minimum absolute atomic E-state index is 0.00612. The topological polar surface area (TPSA) is 155 Å². The molecular weight excluding hydrogens is 567 g/mol. The average Bonchev–Trinajstić information content (AvgIpc) is 3.39. The highest BCUT2D eigenvalue weighted by Gasteiger charge is 2.37. The zero-order valence-electron chi connectivity index (χ0n) is 21.4. The van der Waals surface area contributed by atoms with Crippen LogP contribution in [0.2, 0.25) is 5.02 Å². The first-order valence-corrected chi connectivity index (χ1v) is 12.8. The van der Waals surface area contributed by atoms with Gasteiger partial charge in [-0.2, -0.15) is 18.3 Å². The molecule has 214 valence electrons. The maximum absolute atomic E-state index is 13.6. The fourth-order valence-corrected chi connectivity index (χ4v) is 4.83. The fourth-order valence-electron chi connectivity index (χ4n) is 4.65. The van der Waals surface area contributed by atoms with Crippen LogP contribution in [0.1, 0.15) is 31.2 Å². The lowest BCUT2D eigenvalue weighted by Crippen LogP contribution is -2.44. The summed E-state index contributed by atoms with van der Waals surface area (Å²) in [6, 6.07) is 3.05. The molecule has 12 nitrogen and oxygen atoms in total. The lowest BCUT2D eigenvalue weighted by atomic mass is 9.90. The standard InChI is InChI=1S/C25H23ClF3N9O3/c1-41-23-32-9-14(10-33-23)13-2-7-19(30-8-13)38(24(39)40)16-5-3-15(4-6-16)35-22-31-11-17(25(27,28)29)20(36-22)21-18(26)12-34-37-21/h2,7-12,15-16H,3-6H2,1H3,(H,34,37)(H,39,40)(H,31,35,36)/t15-,16-. The third-order valence-electron chi connectivity index (χ3n) is 6.65. The molecule has 3 N–H and O–H groups in total. The number of methoxy groups -OCH3 is 1. The van der Waals surface area contributed by atoms with Crippen LogP contribution in [0.4, 0.5) is 29.7 Å². The predicted molar refractivity (Wildman–Crippen MR) is 142 cm³/mol. The molecule has 0 unspecified atom stereocenters. The molecule has 41 heavy (non-hydrogen) atoms. The Balaban J connectivity index is 1.27. The maximum Gasteiger partial charge on any atom is 0.420 e. The summed E-state index contributed by atoms with van der Waals surface area (Å²) in [7, 11) is 1.46. The van der Waals surface area contributed by atoms with E-state index in [1.54, 1.807) is 30.7 Å². The van der Waals surface area contributed by atoms with E-state index in [0.29, 0.717) is 43.0 Å². The number of hydrogen-bond acceptors (Lipinski definition) is 9. The normalized spacial score (nSPS) is 17.2. The van der Waals surface area contributed by atoms with Gasteiger partial charge in [0.2, 0.25) is 5.95 Å². The number of H-pyrrole nitrogens is 1. The third-order valence-corrected chi connectivity index (χ3v) is 6.94. The van der Waals surface area contributed by atoms with Crippen LogP contribution in [0.5, 0.6) is 6.01 Å². The molecule has 1 saturated carbocycles. The lowest BCUT2D eigenvalue weighted by Gasteiger charge is -2.35. The Hall–Kier alpha value is -4.53. The monoisotopic (exact) mass is 589 g/mol. The van der Waals surface area contributed by atoms with Crippen LogP contribution in [-0.2, 0) is 6.18 Å². The van der Waals surface area contributed by atoms with Crippen molar-refractivity contribution in [1.82, 2.24) is 35.1 Å². The van der Waals surface area contributed by atoms with Crippen LogP contribution in [0.15, 0.2) is 43.1 Å². The molecule has 16 heteroatoms. The zero-order valence-corrected chi connectivity index (χ0v) is 22.2. The minimum Gasteiger partial charge on any atom is -0.467 e. The van der Waals surface area contributed by atoms with Crippen molar-refractivity contribution in [2.45, 2.75) is 43.9 Å². The van der Waals surface area contributed by atoms with Crippen molar-refractivity contribution in [1.29, 1.82) is 0 Å². The first kappa shape index (κ1) is 28.0. The van der Waals surface area contributed by atoms with E-state index in [1.807, 2.05) is 0 Å². The Bertz CT molecular complexity index is 1510. The zero-order chi connectivity index (χ0) is 29.1. The predicted octanol–water partition coefficient (Wildman–Crippen LogP) is 5.31. The van der Waals surface area contributed by atoms with Crippen molar-refractivity contribution in [3.8, 4) is 28.5 Å². The molecule has 0 bridgehead atoms. The van der Waals surface area contributed by atoms with Crippen LogP contribution in [0, 0.1) is 0 Å². The Morgan fingerprint density at radius 2 is 1.76 bits per heavy atom. The molecular formula is C25H23ClF3N9O3. The van der Waals surface area contributed by atoms with Crippen LogP contribution >= 0.6 is 11.6 Å². The van der Waals surface area contributed by atoms with Crippen LogP contribution in [0.3, 0.4) is 0 Å². The van der Waals surface area contributed by atoms with Gasteiger partial charge in [-0.1, -0.05) is 11.6 Å². The molecule has 0 atom stereocenters. The second-order valence-corrected chi connectivity index (χ2v) is 9.61. The van der Waals surface area contributed by atoms with Crippen LogP contribution in [0.25, 0.3) is 22.5 Å². The van der Waals surface area contributed by atoms with E-state index in [9.17, 15) is 23.1 Å². The highest BCUT2D eigenvalue weighted by molar-refractivity contribution is 6.32. The molecule has 1 fully saturated rings. The summed E-state index contributed by atoms with van der Waals surface area (Å²) in [6.45, 7) is 0. The highest BCUT2D eigenvalue weighted by Crippen LogP contribution is 2.38. The van der Waals surface area contributed by atoms with Gasteiger partial charge in [0.1, 0.15) is 22.8 Å². The second-order valence-electron chi connectivity index (χ2n) is 9.20. The van der Waals surface area contributed by atoms with E-state index in [4.69, 9.17) is 16.3 Å². The number of anilines is 2. The average molecular weight is 590 g/mol. The Labute approximate surface area is 236 Å². The van der Waals surface area contributed by atoms with E-state index in [1.165, 1.54) is 18.2 Å². The van der Waals surface area contributed by atoms with Gasteiger partial charge in [-0.3, -0.25) is 10.00 Å². The smallest absolute Gasteiger partial charge is 0.420 e. The van der Waals surface area contributed by atoms with Crippen LogP contribution < -0.4 is 15.0 Å². The molecule has 1 amide bonds. The molecule has 4 aromatic heterocycles. The molecule has 4 heterocycles. The lowest BCUT2D eigenvalue weighted by molar-refractivity contribution is -0.137. The first-order chi connectivity index (χ1) is 19.6. The minimum atomic E-state index is -4.71. The van der Waals surface area contributed by atoms with Crippen molar-refractivity contribution in [2.24, 2.45) is 0 Å². The molecule has 5 rings (SSSR count). The maximum atomic E-state index is 13.6. The summed E-state index contributed by atoms with van der Waals surface area (Å²) >= 11 is 6.00. The molecule has 4 aromatic rings. The Kier molecular flexibility index (Phi) is 7.88. The second kappa shape index (κ2) is 11.5. The van der Waals surface area contributed by atoms with Gasteiger partial charge in [0.05, 0.1) is 12.1 Å². The summed E-state index contributed by atoms with van der Waals surface area (Å²) in [5, 5.41) is 19.3. The number of alkyl halides is 3. The first-order valence-electron chi connectivity index (χ1n) is 12.4. The number of hydrogen-bond donors (Lipinski definition) is 3. The Morgan fingerprint density at radius 1 is 1.05 bits per heavy atom. The molecule has 0 radical (unpaired) electrons. The van der Waals surface area contributed by atoms with Crippen molar-refractivity contribution < 1.29 is 27.8 Å². The highest BCUT2D eigenvalue weighted by atomic mass is 35.5. The third kappa shape index (κ3) is 6.14. The van der Waals surface area contributed by atoms with Gasteiger partial charge in [-0.25, -0.2) is 29.7 Å². The Morgan fingerprint density at radius 3 is 2.32 bits per heavy atom. The SMILES string of the molecule is COc1ncc(-c2ccc(N(C(=O)O)[C@H]3CC[C@H](Nc4ncc(C(F)(F)F)c(-c5n[nH]cc5Cl)n4)CC3)nc2)cn1.